The Hall–Kier alpha value is -2.35. The maximum atomic E-state index is 4.89. The average Bonchev–Trinajstić information content (AvgIpc) is 3.26. The molecule has 1 saturated heterocycles. The molecule has 0 spiro atoms. The lowest BCUT2D eigenvalue weighted by molar-refractivity contribution is 0.169. The van der Waals surface area contributed by atoms with Crippen molar-refractivity contribution in [3.63, 3.8) is 0 Å². The Balaban J connectivity index is 1.41. The summed E-state index contributed by atoms with van der Waals surface area (Å²) >= 11 is 0. The predicted molar refractivity (Wildman–Crippen MR) is 86.9 cm³/mol. The molecule has 1 N–H and O–H groups in total. The van der Waals surface area contributed by atoms with Crippen LogP contribution in [0.1, 0.15) is 5.69 Å². The first-order valence-corrected chi connectivity index (χ1v) is 7.88. The molecule has 0 aromatic carbocycles. The Morgan fingerprint density at radius 3 is 2.87 bits per heavy atom. The maximum Gasteiger partial charge on any atom is 0.193 e. The zero-order chi connectivity index (χ0) is 15.9. The van der Waals surface area contributed by atoms with Gasteiger partial charge in [-0.25, -0.2) is 4.98 Å². The van der Waals surface area contributed by atoms with Gasteiger partial charge in [0.05, 0.1) is 12.0 Å². The molecule has 0 aliphatic carbocycles. The minimum atomic E-state index is 0.836. The van der Waals surface area contributed by atoms with Crippen LogP contribution in [0.5, 0.6) is 0 Å². The molecular formula is C15H23N7O. The molecule has 0 radical (unpaired) electrons. The Labute approximate surface area is 135 Å². The molecule has 23 heavy (non-hydrogen) atoms. The molecule has 0 amide bonds. The molecule has 8 heteroatoms. The van der Waals surface area contributed by atoms with Gasteiger partial charge in [0.25, 0.3) is 0 Å². The van der Waals surface area contributed by atoms with Crippen LogP contribution in [-0.4, -0.2) is 70.2 Å². The van der Waals surface area contributed by atoms with Crippen molar-refractivity contribution in [2.45, 2.75) is 13.1 Å². The van der Waals surface area contributed by atoms with E-state index in [0.29, 0.717) is 0 Å². The van der Waals surface area contributed by atoms with Crippen molar-refractivity contribution in [3.8, 4) is 0 Å². The van der Waals surface area contributed by atoms with Crippen molar-refractivity contribution in [2.75, 3.05) is 39.8 Å². The van der Waals surface area contributed by atoms with Crippen LogP contribution < -0.4 is 5.32 Å². The SMILES string of the molecule is CN=C(NCCn1ccnc1)N1CCN(Cc2ccon2)CC1. The van der Waals surface area contributed by atoms with E-state index in [0.717, 1.165) is 57.5 Å². The normalized spacial score (nSPS) is 16.7. The minimum Gasteiger partial charge on any atom is -0.364 e. The standard InChI is InChI=1S/C15H23N7O/c1-16-15(18-4-6-21-5-3-17-13-21)22-9-7-20(8-10-22)12-14-2-11-23-19-14/h2-3,5,11,13H,4,6-10,12H2,1H3,(H,16,18). The van der Waals surface area contributed by atoms with Crippen molar-refractivity contribution in [1.29, 1.82) is 0 Å². The van der Waals surface area contributed by atoms with Crippen molar-refractivity contribution < 1.29 is 4.52 Å². The first kappa shape index (κ1) is 15.5. The molecule has 0 atom stereocenters. The fraction of sp³-hybridized carbons (Fsp3) is 0.533. The van der Waals surface area contributed by atoms with Crippen LogP contribution in [0.3, 0.4) is 0 Å². The summed E-state index contributed by atoms with van der Waals surface area (Å²) in [6.45, 7) is 6.47. The lowest BCUT2D eigenvalue weighted by Gasteiger charge is -2.36. The van der Waals surface area contributed by atoms with Gasteiger partial charge in [0, 0.05) is 71.3 Å². The van der Waals surface area contributed by atoms with E-state index in [1.54, 1.807) is 12.5 Å². The molecule has 3 rings (SSSR count). The number of hydrogen-bond acceptors (Lipinski definition) is 5. The zero-order valence-corrected chi connectivity index (χ0v) is 13.4. The second-order valence-corrected chi connectivity index (χ2v) is 5.53. The second-order valence-electron chi connectivity index (χ2n) is 5.53. The van der Waals surface area contributed by atoms with E-state index in [9.17, 15) is 0 Å². The molecule has 0 saturated carbocycles. The number of hydrogen-bond donors (Lipinski definition) is 1. The zero-order valence-electron chi connectivity index (χ0n) is 13.4. The highest BCUT2D eigenvalue weighted by Gasteiger charge is 2.20. The number of aromatic nitrogens is 3. The first-order chi connectivity index (χ1) is 11.3. The molecule has 2 aromatic rings. The molecule has 0 bridgehead atoms. The van der Waals surface area contributed by atoms with Gasteiger partial charge < -0.3 is 19.3 Å². The molecule has 1 fully saturated rings. The predicted octanol–water partition coefficient (Wildman–Crippen LogP) is 0.264. The molecule has 1 aliphatic rings. The van der Waals surface area contributed by atoms with E-state index >= 15 is 0 Å². The lowest BCUT2D eigenvalue weighted by atomic mass is 10.3. The molecule has 0 unspecified atom stereocenters. The van der Waals surface area contributed by atoms with E-state index in [4.69, 9.17) is 4.52 Å². The van der Waals surface area contributed by atoms with E-state index in [1.807, 2.05) is 25.6 Å². The molecule has 124 valence electrons. The maximum absolute atomic E-state index is 4.89. The van der Waals surface area contributed by atoms with Crippen LogP contribution in [0, 0.1) is 0 Å². The van der Waals surface area contributed by atoms with Gasteiger partial charge in [-0.2, -0.15) is 0 Å². The number of aliphatic imine (C=N–C) groups is 1. The van der Waals surface area contributed by atoms with Crippen LogP contribution >= 0.6 is 0 Å². The van der Waals surface area contributed by atoms with Crippen molar-refractivity contribution in [1.82, 2.24) is 29.8 Å². The third-order valence-electron chi connectivity index (χ3n) is 3.97. The number of nitrogens with zero attached hydrogens (tertiary/aromatic N) is 6. The van der Waals surface area contributed by atoms with E-state index in [1.165, 1.54) is 0 Å². The fourth-order valence-corrected chi connectivity index (χ4v) is 2.71. The number of nitrogens with one attached hydrogen (secondary N) is 1. The number of imidazole rings is 1. The van der Waals surface area contributed by atoms with Gasteiger partial charge in [-0.3, -0.25) is 9.89 Å². The van der Waals surface area contributed by atoms with Crippen molar-refractivity contribution in [2.24, 2.45) is 4.99 Å². The summed E-state index contributed by atoms with van der Waals surface area (Å²) in [4.78, 5) is 13.1. The van der Waals surface area contributed by atoms with Crippen LogP contribution in [0.4, 0.5) is 0 Å². The molecule has 3 heterocycles. The highest BCUT2D eigenvalue weighted by atomic mass is 16.5. The third kappa shape index (κ3) is 4.32. The van der Waals surface area contributed by atoms with Gasteiger partial charge in [0.2, 0.25) is 0 Å². The summed E-state index contributed by atoms with van der Waals surface area (Å²) in [6, 6.07) is 1.92. The highest BCUT2D eigenvalue weighted by Crippen LogP contribution is 2.07. The van der Waals surface area contributed by atoms with Gasteiger partial charge in [-0.15, -0.1) is 0 Å². The molecule has 8 nitrogen and oxygen atoms in total. The summed E-state index contributed by atoms with van der Waals surface area (Å²) in [5, 5.41) is 7.39. The molecule has 1 aliphatic heterocycles. The highest BCUT2D eigenvalue weighted by molar-refractivity contribution is 5.79. The third-order valence-corrected chi connectivity index (χ3v) is 3.97. The average molecular weight is 317 g/mol. The van der Waals surface area contributed by atoms with E-state index in [2.05, 4.69) is 34.8 Å². The first-order valence-electron chi connectivity index (χ1n) is 7.88. The minimum absolute atomic E-state index is 0.836. The Bertz CT molecular complexity index is 585. The fourth-order valence-electron chi connectivity index (χ4n) is 2.71. The monoisotopic (exact) mass is 317 g/mol. The van der Waals surface area contributed by atoms with Crippen LogP contribution in [0.25, 0.3) is 0 Å². The van der Waals surface area contributed by atoms with Crippen LogP contribution in [0.15, 0.2) is 40.6 Å². The quantitative estimate of drug-likeness (QED) is 0.630. The van der Waals surface area contributed by atoms with Crippen molar-refractivity contribution >= 4 is 5.96 Å². The largest absolute Gasteiger partial charge is 0.364 e. The summed E-state index contributed by atoms with van der Waals surface area (Å²) in [7, 11) is 1.83. The van der Waals surface area contributed by atoms with Crippen LogP contribution in [-0.2, 0) is 13.1 Å². The Kier molecular flexibility index (Phi) is 5.25. The second kappa shape index (κ2) is 7.77. The topological polar surface area (TPSA) is 74.7 Å². The smallest absolute Gasteiger partial charge is 0.193 e. The van der Waals surface area contributed by atoms with Crippen LogP contribution in [0.2, 0.25) is 0 Å². The number of piperazine rings is 1. The van der Waals surface area contributed by atoms with Gasteiger partial charge in [0.15, 0.2) is 5.96 Å². The lowest BCUT2D eigenvalue weighted by Crippen LogP contribution is -2.52. The molecular weight excluding hydrogens is 294 g/mol. The number of guanidine groups is 1. The van der Waals surface area contributed by atoms with Crippen molar-refractivity contribution in [3.05, 3.63) is 36.7 Å². The van der Waals surface area contributed by atoms with Gasteiger partial charge >= 0.3 is 0 Å². The summed E-state index contributed by atoms with van der Waals surface area (Å²) in [5.74, 6) is 0.964. The molecule has 2 aromatic heterocycles. The Morgan fingerprint density at radius 1 is 1.35 bits per heavy atom. The van der Waals surface area contributed by atoms with E-state index in [-0.39, 0.29) is 0 Å². The van der Waals surface area contributed by atoms with E-state index < -0.39 is 0 Å². The van der Waals surface area contributed by atoms with Gasteiger partial charge in [-0.1, -0.05) is 5.16 Å². The van der Waals surface area contributed by atoms with Gasteiger partial charge in [-0.05, 0) is 0 Å². The van der Waals surface area contributed by atoms with Gasteiger partial charge in [0.1, 0.15) is 6.26 Å². The number of rotatable bonds is 5. The Morgan fingerprint density at radius 2 is 2.22 bits per heavy atom. The summed E-state index contributed by atoms with van der Waals surface area (Å²) < 4.78 is 6.94. The summed E-state index contributed by atoms with van der Waals surface area (Å²) in [5.41, 5.74) is 0.987. The summed E-state index contributed by atoms with van der Waals surface area (Å²) in [6.07, 6.45) is 7.21.